The predicted octanol–water partition coefficient (Wildman–Crippen LogP) is 3.76. The molecule has 0 heterocycles. The van der Waals surface area contributed by atoms with Gasteiger partial charge in [-0.2, -0.15) is 0 Å². The SMILES string of the molecule is C[As](C)P(C(F)(F)F)C(F)(F)F. The van der Waals surface area contributed by atoms with E-state index in [1.807, 2.05) is 0 Å². The second-order valence-corrected chi connectivity index (χ2v) is 14.0. The van der Waals surface area contributed by atoms with Crippen molar-refractivity contribution < 1.29 is 26.3 Å². The van der Waals surface area contributed by atoms with Gasteiger partial charge in [0.05, 0.1) is 0 Å². The summed E-state index contributed by atoms with van der Waals surface area (Å²) >= 11 is -2.79. The van der Waals surface area contributed by atoms with Crippen molar-refractivity contribution in [2.24, 2.45) is 0 Å². The molecule has 0 atom stereocenters. The summed E-state index contributed by atoms with van der Waals surface area (Å²) in [6, 6.07) is 0. The third-order valence-electron chi connectivity index (χ3n) is 0.880. The molecule has 0 aromatic rings. The van der Waals surface area contributed by atoms with Gasteiger partial charge in [-0.15, -0.1) is 0 Å². The molecule has 0 amide bonds. The van der Waals surface area contributed by atoms with Crippen LogP contribution in [0.5, 0.6) is 0 Å². The second kappa shape index (κ2) is 3.75. The van der Waals surface area contributed by atoms with Crippen molar-refractivity contribution in [2.45, 2.75) is 23.3 Å². The van der Waals surface area contributed by atoms with Gasteiger partial charge in [0.15, 0.2) is 0 Å². The van der Waals surface area contributed by atoms with Gasteiger partial charge in [0.1, 0.15) is 0 Å². The number of alkyl halides is 6. The summed E-state index contributed by atoms with van der Waals surface area (Å²) in [5.41, 5.74) is 2.14. The monoisotopic (exact) mass is 274 g/mol. The number of rotatable bonds is 1. The van der Waals surface area contributed by atoms with Crippen LogP contribution in [0.2, 0.25) is 11.4 Å². The molecule has 0 aliphatic carbocycles. The van der Waals surface area contributed by atoms with Crippen molar-refractivity contribution in [3.05, 3.63) is 0 Å². The van der Waals surface area contributed by atoms with Gasteiger partial charge in [-0.3, -0.25) is 0 Å². The van der Waals surface area contributed by atoms with Crippen LogP contribution in [0.25, 0.3) is 0 Å². The van der Waals surface area contributed by atoms with Crippen LogP contribution >= 0.6 is 6.48 Å². The molecule has 0 saturated carbocycles. The molecule has 0 aromatic heterocycles. The third kappa shape index (κ3) is 3.52. The van der Waals surface area contributed by atoms with E-state index >= 15 is 0 Å². The van der Waals surface area contributed by atoms with Crippen LogP contribution in [-0.4, -0.2) is 26.0 Å². The van der Waals surface area contributed by atoms with E-state index in [2.05, 4.69) is 0 Å². The van der Waals surface area contributed by atoms with E-state index in [-0.39, 0.29) is 0 Å². The van der Waals surface area contributed by atoms with Crippen molar-refractivity contribution in [3.63, 3.8) is 0 Å². The second-order valence-electron chi connectivity index (χ2n) is 2.09. The van der Waals surface area contributed by atoms with Crippen LogP contribution < -0.4 is 0 Å². The Labute approximate surface area is 70.9 Å². The van der Waals surface area contributed by atoms with E-state index in [0.717, 1.165) is 11.4 Å². The Bertz CT molecular complexity index is 135. The number of halogens is 6. The minimum absolute atomic E-state index is 1.07. The van der Waals surface area contributed by atoms with Crippen molar-refractivity contribution in [1.29, 1.82) is 0 Å². The van der Waals surface area contributed by atoms with Crippen LogP contribution in [0.1, 0.15) is 0 Å². The molecule has 0 saturated heterocycles. The standard InChI is InChI=1S/C4H6AsF6P/c1-5(2)12(3(6,7)8)4(9,10)11/h1-2H3. The Kier molecular flexibility index (Phi) is 3.93. The molecule has 0 fully saturated rings. The molecule has 0 nitrogen and oxygen atoms in total. The minimum atomic E-state index is -5.07. The zero-order valence-corrected chi connectivity index (χ0v) is 8.93. The van der Waals surface area contributed by atoms with Gasteiger partial charge in [0.25, 0.3) is 0 Å². The molecule has 8 heteroatoms. The average Bonchev–Trinajstić information content (AvgIpc) is 1.49. The molecule has 0 rings (SSSR count). The van der Waals surface area contributed by atoms with Crippen molar-refractivity contribution in [1.82, 2.24) is 0 Å². The first-order valence-corrected chi connectivity index (χ1v) is 10.2. The zero-order valence-electron chi connectivity index (χ0n) is 6.16. The van der Waals surface area contributed by atoms with Gasteiger partial charge in [0, 0.05) is 0 Å². The maximum atomic E-state index is 11.8. The fraction of sp³-hybridized carbons (Fsp3) is 1.00. The normalized spacial score (nSPS) is 14.5. The summed E-state index contributed by atoms with van der Waals surface area (Å²) in [7, 11) is 0. The van der Waals surface area contributed by atoms with Crippen LogP contribution in [-0.2, 0) is 0 Å². The van der Waals surface area contributed by atoms with Crippen LogP contribution in [0.15, 0.2) is 0 Å². The molecule has 74 valence electrons. The van der Waals surface area contributed by atoms with Crippen LogP contribution in [0, 0.1) is 0 Å². The van der Waals surface area contributed by atoms with E-state index in [1.54, 1.807) is 0 Å². The van der Waals surface area contributed by atoms with E-state index in [0.29, 0.717) is 0 Å². The quantitative estimate of drug-likeness (QED) is 0.388. The average molecular weight is 274 g/mol. The van der Waals surface area contributed by atoms with Crippen LogP contribution in [0.4, 0.5) is 26.3 Å². The molecule has 0 spiro atoms. The molecule has 0 N–H and O–H groups in total. The summed E-state index contributed by atoms with van der Waals surface area (Å²) in [5, 5.41) is 0. The summed E-state index contributed by atoms with van der Waals surface area (Å²) in [4.78, 5) is 0. The van der Waals surface area contributed by atoms with Gasteiger partial charge in [-0.25, -0.2) is 0 Å². The molecule has 12 heavy (non-hydrogen) atoms. The fourth-order valence-corrected chi connectivity index (χ4v) is 7.50. The third-order valence-corrected chi connectivity index (χ3v) is 10.5. The van der Waals surface area contributed by atoms with E-state index < -0.39 is 32.5 Å². The molecule has 0 aromatic carbocycles. The molecular weight excluding hydrogens is 268 g/mol. The predicted molar refractivity (Wildman–Crippen MR) is 36.5 cm³/mol. The summed E-state index contributed by atoms with van der Waals surface area (Å²) in [6.45, 7) is -3.76. The molecule has 0 radical (unpaired) electrons. The van der Waals surface area contributed by atoms with Gasteiger partial charge in [0.2, 0.25) is 0 Å². The maximum absolute atomic E-state index is 11.8. The first-order valence-electron chi connectivity index (χ1n) is 2.68. The van der Waals surface area contributed by atoms with Crippen molar-refractivity contribution in [2.75, 3.05) is 0 Å². The van der Waals surface area contributed by atoms with E-state index in [1.165, 1.54) is 0 Å². The van der Waals surface area contributed by atoms with Crippen molar-refractivity contribution in [3.8, 4) is 0 Å². The van der Waals surface area contributed by atoms with E-state index in [4.69, 9.17) is 0 Å². The Morgan fingerprint density at radius 3 is 1.08 bits per heavy atom. The summed E-state index contributed by atoms with van der Waals surface area (Å²) < 4.78 is 70.9. The first-order chi connectivity index (χ1) is 5.07. The zero-order chi connectivity index (χ0) is 10.2. The van der Waals surface area contributed by atoms with Crippen molar-refractivity contribution >= 4 is 20.7 Å². The molecule has 0 aliphatic heterocycles. The van der Waals surface area contributed by atoms with Gasteiger partial charge < -0.3 is 0 Å². The Morgan fingerprint density at radius 2 is 1.08 bits per heavy atom. The summed E-state index contributed by atoms with van der Waals surface area (Å²) in [5.74, 6) is -10.1. The molecular formula is C4H6AsF6P. The number of hydrogen-bond acceptors (Lipinski definition) is 0. The van der Waals surface area contributed by atoms with Gasteiger partial charge >= 0.3 is 70.3 Å². The topological polar surface area (TPSA) is 0 Å². The molecule has 0 bridgehead atoms. The van der Waals surface area contributed by atoms with Crippen LogP contribution in [0.3, 0.4) is 0 Å². The fourth-order valence-electron chi connectivity index (χ4n) is 0.597. The Hall–Kier alpha value is 0.568. The molecule has 0 aliphatic rings. The Morgan fingerprint density at radius 1 is 0.833 bits per heavy atom. The molecule has 0 unspecified atom stereocenters. The Balaban J connectivity index is 4.70. The number of hydrogen-bond donors (Lipinski definition) is 0. The van der Waals surface area contributed by atoms with E-state index in [9.17, 15) is 26.3 Å². The van der Waals surface area contributed by atoms with Gasteiger partial charge in [-0.1, -0.05) is 0 Å². The first kappa shape index (κ1) is 12.6. The summed E-state index contributed by atoms with van der Waals surface area (Å²) in [6.07, 6.45) is 0. The van der Waals surface area contributed by atoms with Gasteiger partial charge in [-0.05, 0) is 0 Å².